The summed E-state index contributed by atoms with van der Waals surface area (Å²) in [5.41, 5.74) is 8.30. The van der Waals surface area contributed by atoms with Gasteiger partial charge in [0.25, 0.3) is 5.91 Å². The number of hydrogen-bond acceptors (Lipinski definition) is 3. The number of aliphatic imine (C=N–C) groups is 1. The number of hydrogen-bond donors (Lipinski definition) is 1. The predicted octanol–water partition coefficient (Wildman–Crippen LogP) is 3.62. The second-order valence-electron chi connectivity index (χ2n) is 6.26. The van der Waals surface area contributed by atoms with E-state index >= 15 is 0 Å². The Morgan fingerprint density at radius 3 is 2.69 bits per heavy atom. The van der Waals surface area contributed by atoms with Gasteiger partial charge in [0.15, 0.2) is 0 Å². The Labute approximate surface area is 153 Å². The fraction of sp³-hybridized carbons (Fsp3) is 0.227. The van der Waals surface area contributed by atoms with Crippen LogP contribution in [0.1, 0.15) is 28.7 Å². The summed E-state index contributed by atoms with van der Waals surface area (Å²) < 4.78 is 0. The highest BCUT2D eigenvalue weighted by molar-refractivity contribution is 6.14. The molecule has 4 heteroatoms. The minimum absolute atomic E-state index is 0.0172. The van der Waals surface area contributed by atoms with Crippen molar-refractivity contribution in [2.24, 2.45) is 4.99 Å². The third kappa shape index (κ3) is 4.17. The first-order valence-corrected chi connectivity index (χ1v) is 8.73. The van der Waals surface area contributed by atoms with Gasteiger partial charge in [0.2, 0.25) is 0 Å². The maximum absolute atomic E-state index is 12.0. The molecule has 1 amide bonds. The summed E-state index contributed by atoms with van der Waals surface area (Å²) in [7, 11) is 0. The van der Waals surface area contributed by atoms with E-state index in [9.17, 15) is 4.79 Å². The van der Waals surface area contributed by atoms with Gasteiger partial charge in [0, 0.05) is 12.2 Å². The summed E-state index contributed by atoms with van der Waals surface area (Å²) in [5.74, 6) is -0.0172. The minimum atomic E-state index is -0.0172. The Hall–Kier alpha value is -2.94. The molecule has 2 aromatic rings. The number of anilines is 1. The van der Waals surface area contributed by atoms with E-state index in [2.05, 4.69) is 22.9 Å². The van der Waals surface area contributed by atoms with Crippen molar-refractivity contribution in [3.05, 3.63) is 70.4 Å². The Balaban J connectivity index is 1.82. The van der Waals surface area contributed by atoms with Crippen molar-refractivity contribution >= 4 is 30.1 Å². The van der Waals surface area contributed by atoms with Crippen LogP contribution < -0.4 is 4.90 Å². The van der Waals surface area contributed by atoms with E-state index in [1.165, 1.54) is 5.56 Å². The fourth-order valence-electron chi connectivity index (χ4n) is 2.94. The maximum atomic E-state index is 12.0. The molecule has 1 aliphatic heterocycles. The summed E-state index contributed by atoms with van der Waals surface area (Å²) >= 11 is 0. The Kier molecular flexibility index (Phi) is 5.80. The molecule has 2 aromatic carbocycles. The van der Waals surface area contributed by atoms with Crippen LogP contribution in [0.2, 0.25) is 0 Å². The fourth-order valence-corrected chi connectivity index (χ4v) is 2.94. The van der Waals surface area contributed by atoms with Crippen LogP contribution in [0.5, 0.6) is 0 Å². The molecule has 0 saturated heterocycles. The van der Waals surface area contributed by atoms with E-state index in [-0.39, 0.29) is 19.1 Å². The van der Waals surface area contributed by atoms with Crippen molar-refractivity contribution < 1.29 is 9.90 Å². The molecule has 132 valence electrons. The lowest BCUT2D eigenvalue weighted by molar-refractivity contribution is -0.115. The Bertz CT molecular complexity index is 876. The van der Waals surface area contributed by atoms with Crippen molar-refractivity contribution in [3.8, 4) is 0 Å². The van der Waals surface area contributed by atoms with Gasteiger partial charge in [0.1, 0.15) is 6.54 Å². The average molecular weight is 346 g/mol. The van der Waals surface area contributed by atoms with Crippen molar-refractivity contribution in [1.82, 2.24) is 0 Å². The van der Waals surface area contributed by atoms with Gasteiger partial charge in [-0.25, -0.2) is 0 Å². The molecule has 0 aliphatic carbocycles. The van der Waals surface area contributed by atoms with Gasteiger partial charge in [-0.05, 0) is 48.6 Å². The van der Waals surface area contributed by atoms with Gasteiger partial charge in [-0.1, -0.05) is 42.5 Å². The molecule has 26 heavy (non-hydrogen) atoms. The highest BCUT2D eigenvalue weighted by atomic mass is 16.2. The first kappa shape index (κ1) is 17.9. The first-order chi connectivity index (χ1) is 12.7. The first-order valence-electron chi connectivity index (χ1n) is 8.73. The van der Waals surface area contributed by atoms with Crippen LogP contribution in [-0.4, -0.2) is 30.5 Å². The van der Waals surface area contributed by atoms with Gasteiger partial charge in [-0.2, -0.15) is 0 Å². The number of nitrogens with zero attached hydrogens (tertiary/aromatic N) is 2. The summed E-state index contributed by atoms with van der Waals surface area (Å²) in [6.07, 6.45) is 7.07. The molecule has 0 radical (unpaired) electrons. The largest absolute Gasteiger partial charge is 0.396 e. The summed E-state index contributed by atoms with van der Waals surface area (Å²) in [4.78, 5) is 17.7. The van der Waals surface area contributed by atoms with Crippen molar-refractivity contribution in [2.45, 2.75) is 19.8 Å². The monoisotopic (exact) mass is 346 g/mol. The van der Waals surface area contributed by atoms with Crippen LogP contribution in [0.4, 0.5) is 5.69 Å². The summed E-state index contributed by atoms with van der Waals surface area (Å²) in [6.45, 7) is 2.41. The standard InChI is InChI=1S/C22H22N2O2/c1-17-5-2-8-20(22(17)24-16-23-15-21(24)26)9-3-6-18-10-12-19(13-11-18)7-4-14-25/h2,5-6,8-13,16,25H,4,7,14-15H2,1H3. The third-order valence-electron chi connectivity index (χ3n) is 4.29. The molecule has 0 aromatic heterocycles. The molecule has 3 rings (SSSR count). The SMILES string of the molecule is Cc1cccc(C=C=Cc2ccc(CCCO)cc2)c1N1C=NCC1=O. The van der Waals surface area contributed by atoms with E-state index in [1.54, 1.807) is 11.2 Å². The molecule has 1 aliphatic rings. The van der Waals surface area contributed by atoms with Crippen LogP contribution in [-0.2, 0) is 11.2 Å². The second-order valence-corrected chi connectivity index (χ2v) is 6.26. The van der Waals surface area contributed by atoms with Gasteiger partial charge < -0.3 is 5.11 Å². The van der Waals surface area contributed by atoms with Gasteiger partial charge in [-0.15, -0.1) is 5.73 Å². The summed E-state index contributed by atoms with van der Waals surface area (Å²) in [6, 6.07) is 14.2. The lowest BCUT2D eigenvalue weighted by Crippen LogP contribution is -2.26. The number of carbonyl (C=O) groups is 1. The zero-order chi connectivity index (χ0) is 18.4. The van der Waals surface area contributed by atoms with Crippen LogP contribution >= 0.6 is 0 Å². The Morgan fingerprint density at radius 2 is 2.00 bits per heavy atom. The molecule has 0 atom stereocenters. The molecule has 0 spiro atoms. The number of aryl methyl sites for hydroxylation is 2. The van der Waals surface area contributed by atoms with E-state index in [4.69, 9.17) is 5.11 Å². The molecular formula is C22H22N2O2. The lowest BCUT2D eigenvalue weighted by atomic mass is 10.1. The van der Waals surface area contributed by atoms with Crippen molar-refractivity contribution in [3.63, 3.8) is 0 Å². The third-order valence-corrected chi connectivity index (χ3v) is 4.29. The van der Waals surface area contributed by atoms with Gasteiger partial charge in [-0.3, -0.25) is 14.7 Å². The number of amides is 1. The topological polar surface area (TPSA) is 52.9 Å². The number of benzene rings is 2. The lowest BCUT2D eigenvalue weighted by Gasteiger charge is -2.17. The van der Waals surface area contributed by atoms with Gasteiger partial charge in [0.05, 0.1) is 12.0 Å². The molecule has 1 heterocycles. The normalized spacial score (nSPS) is 13.0. The van der Waals surface area contributed by atoms with E-state index in [0.29, 0.717) is 0 Å². The van der Waals surface area contributed by atoms with Crippen LogP contribution in [0.3, 0.4) is 0 Å². The number of aliphatic hydroxyl groups excluding tert-OH is 1. The maximum Gasteiger partial charge on any atom is 0.254 e. The van der Waals surface area contributed by atoms with E-state index in [1.807, 2.05) is 49.4 Å². The van der Waals surface area contributed by atoms with E-state index < -0.39 is 0 Å². The van der Waals surface area contributed by atoms with Crippen molar-refractivity contribution in [1.29, 1.82) is 0 Å². The van der Waals surface area contributed by atoms with Crippen molar-refractivity contribution in [2.75, 3.05) is 18.1 Å². The molecule has 0 saturated carbocycles. The predicted molar refractivity (Wildman–Crippen MR) is 106 cm³/mol. The average Bonchev–Trinajstić information content (AvgIpc) is 3.07. The Morgan fingerprint density at radius 1 is 1.19 bits per heavy atom. The smallest absolute Gasteiger partial charge is 0.254 e. The second kappa shape index (κ2) is 8.43. The van der Waals surface area contributed by atoms with E-state index in [0.717, 1.165) is 35.2 Å². The highest BCUT2D eigenvalue weighted by Gasteiger charge is 2.21. The molecule has 0 bridgehead atoms. The quantitative estimate of drug-likeness (QED) is 0.812. The number of aliphatic hydroxyl groups is 1. The molecular weight excluding hydrogens is 324 g/mol. The molecule has 0 fully saturated rings. The number of rotatable bonds is 6. The van der Waals surface area contributed by atoms with Crippen LogP contribution in [0.15, 0.2) is 53.2 Å². The minimum Gasteiger partial charge on any atom is -0.396 e. The molecule has 0 unspecified atom stereocenters. The molecule has 1 N–H and O–H groups in total. The van der Waals surface area contributed by atoms with Crippen LogP contribution in [0, 0.1) is 6.92 Å². The molecule has 4 nitrogen and oxygen atoms in total. The number of carbonyl (C=O) groups excluding carboxylic acids is 1. The zero-order valence-corrected chi connectivity index (χ0v) is 14.9. The summed E-state index contributed by atoms with van der Waals surface area (Å²) in [5, 5.41) is 8.89. The highest BCUT2D eigenvalue weighted by Crippen LogP contribution is 2.27. The van der Waals surface area contributed by atoms with Crippen LogP contribution in [0.25, 0.3) is 12.2 Å². The number of para-hydroxylation sites is 1. The van der Waals surface area contributed by atoms with Gasteiger partial charge >= 0.3 is 0 Å². The zero-order valence-electron chi connectivity index (χ0n) is 14.9.